The molecule has 2 aliphatic heterocycles. The lowest BCUT2D eigenvalue weighted by Crippen LogP contribution is -2.46. The third-order valence-electron chi connectivity index (χ3n) is 6.07. The van der Waals surface area contributed by atoms with Crippen LogP contribution in [0.5, 0.6) is 0 Å². The van der Waals surface area contributed by atoms with Gasteiger partial charge in [-0.3, -0.25) is 9.69 Å². The van der Waals surface area contributed by atoms with Crippen LogP contribution in [0.4, 0.5) is 5.13 Å². The number of thioether (sulfide) groups is 1. The van der Waals surface area contributed by atoms with Gasteiger partial charge in [0.2, 0.25) is 5.91 Å². The number of hydrogen-bond acceptors (Lipinski definition) is 8. The van der Waals surface area contributed by atoms with E-state index in [9.17, 15) is 4.79 Å². The zero-order valence-corrected chi connectivity index (χ0v) is 19.9. The van der Waals surface area contributed by atoms with Crippen LogP contribution < -0.4 is 10.6 Å². The van der Waals surface area contributed by atoms with Crippen molar-refractivity contribution in [3.63, 3.8) is 0 Å². The summed E-state index contributed by atoms with van der Waals surface area (Å²) in [7, 11) is 0. The first kappa shape index (κ1) is 23.1. The van der Waals surface area contributed by atoms with Gasteiger partial charge < -0.3 is 15.5 Å². The quantitative estimate of drug-likeness (QED) is 0.594. The number of rotatable bonds is 8. The molecule has 0 saturated carbocycles. The van der Waals surface area contributed by atoms with Crippen LogP contribution >= 0.6 is 23.1 Å². The number of benzene rings is 1. The van der Waals surface area contributed by atoms with Crippen LogP contribution in [-0.2, 0) is 4.79 Å². The highest BCUT2D eigenvalue weighted by Gasteiger charge is 2.24. The molecule has 2 saturated heterocycles. The summed E-state index contributed by atoms with van der Waals surface area (Å²) in [5.41, 5.74) is 8.80. The minimum absolute atomic E-state index is 0.118. The Morgan fingerprint density at radius 2 is 1.94 bits per heavy atom. The number of nitrogens with zero attached hydrogens (tertiary/aromatic N) is 5. The fourth-order valence-electron chi connectivity index (χ4n) is 4.07. The molecule has 0 radical (unpaired) electrons. The summed E-state index contributed by atoms with van der Waals surface area (Å²) in [6.45, 7) is 5.91. The van der Waals surface area contributed by atoms with Crippen LogP contribution in [0.25, 0.3) is 11.3 Å². The van der Waals surface area contributed by atoms with E-state index in [0.29, 0.717) is 5.56 Å². The van der Waals surface area contributed by atoms with Crippen molar-refractivity contribution in [3.05, 3.63) is 35.2 Å². The number of unbranched alkanes of at least 4 members (excludes halogenated alkanes) is 1. The van der Waals surface area contributed by atoms with E-state index in [0.717, 1.165) is 86.5 Å². The summed E-state index contributed by atoms with van der Waals surface area (Å²) in [6.07, 6.45) is 2.85. The molecule has 2 N–H and O–H groups in total. The van der Waals surface area contributed by atoms with Gasteiger partial charge in [-0.1, -0.05) is 18.6 Å². The van der Waals surface area contributed by atoms with Gasteiger partial charge in [0.15, 0.2) is 5.13 Å². The average Bonchev–Trinajstić information content (AvgIpc) is 3.54. The summed E-state index contributed by atoms with van der Waals surface area (Å²) in [5, 5.41) is 12.1. The Labute approximate surface area is 198 Å². The number of amides is 1. The number of nitriles is 1. The molecule has 32 heavy (non-hydrogen) atoms. The molecule has 7 nitrogen and oxygen atoms in total. The fraction of sp³-hybridized carbons (Fsp3) is 0.522. The number of hydrogen-bond donors (Lipinski definition) is 1. The molecule has 1 atom stereocenters. The van der Waals surface area contributed by atoms with Gasteiger partial charge in [0.1, 0.15) is 0 Å². The molecule has 1 aromatic heterocycles. The molecule has 9 heteroatoms. The second-order valence-electron chi connectivity index (χ2n) is 8.27. The van der Waals surface area contributed by atoms with Gasteiger partial charge in [-0.15, -0.1) is 23.1 Å². The molecule has 0 aliphatic carbocycles. The Kier molecular flexibility index (Phi) is 8.03. The highest BCUT2D eigenvalue weighted by atomic mass is 32.2. The topological polar surface area (TPSA) is 89.5 Å². The minimum Gasteiger partial charge on any atom is -0.346 e. The second-order valence-corrected chi connectivity index (χ2v) is 10.2. The van der Waals surface area contributed by atoms with Gasteiger partial charge in [-0.25, -0.2) is 4.98 Å². The predicted octanol–water partition coefficient (Wildman–Crippen LogP) is 2.83. The van der Waals surface area contributed by atoms with Crippen molar-refractivity contribution in [2.24, 2.45) is 5.73 Å². The van der Waals surface area contributed by atoms with Gasteiger partial charge in [0.25, 0.3) is 0 Å². The van der Waals surface area contributed by atoms with Crippen molar-refractivity contribution in [1.29, 1.82) is 5.26 Å². The first-order valence-corrected chi connectivity index (χ1v) is 13.2. The standard InChI is InChI=1S/C23H30N6OS2/c24-15-18-4-6-19(7-5-18)21-16-32-23(26-21)28-11-9-27(10-12-28)8-2-1-3-20(25)22(30)29-13-14-31-17-29/h4-7,16,20H,1-3,8-14,17,25H2. The Balaban J connectivity index is 1.16. The Hall–Kier alpha value is -2.12. The minimum atomic E-state index is -0.347. The molecule has 3 heterocycles. The average molecular weight is 471 g/mol. The first-order valence-electron chi connectivity index (χ1n) is 11.2. The molecule has 2 aliphatic rings. The number of aromatic nitrogens is 1. The third kappa shape index (κ3) is 5.81. The first-order chi connectivity index (χ1) is 15.6. The number of thiazole rings is 1. The van der Waals surface area contributed by atoms with Crippen molar-refractivity contribution in [3.8, 4) is 17.3 Å². The number of nitrogens with two attached hydrogens (primary N) is 1. The smallest absolute Gasteiger partial charge is 0.240 e. The Morgan fingerprint density at radius 1 is 1.16 bits per heavy atom. The summed E-state index contributed by atoms with van der Waals surface area (Å²) in [4.78, 5) is 23.9. The third-order valence-corrected chi connectivity index (χ3v) is 7.93. The van der Waals surface area contributed by atoms with E-state index in [1.54, 1.807) is 23.1 Å². The SMILES string of the molecule is N#Cc1ccc(-c2csc(N3CCN(CCCCC(N)C(=O)N4CCSC4)CC3)n2)cc1. The largest absolute Gasteiger partial charge is 0.346 e. The van der Waals surface area contributed by atoms with Crippen LogP contribution in [0.1, 0.15) is 24.8 Å². The maximum Gasteiger partial charge on any atom is 0.240 e. The fourth-order valence-corrected chi connectivity index (χ4v) is 5.91. The molecule has 1 aromatic carbocycles. The van der Waals surface area contributed by atoms with E-state index in [4.69, 9.17) is 16.0 Å². The maximum absolute atomic E-state index is 12.3. The van der Waals surface area contributed by atoms with E-state index in [1.807, 2.05) is 29.2 Å². The van der Waals surface area contributed by atoms with Crippen molar-refractivity contribution < 1.29 is 4.79 Å². The van der Waals surface area contributed by atoms with Gasteiger partial charge in [0.05, 0.1) is 29.2 Å². The lowest BCUT2D eigenvalue weighted by molar-refractivity contribution is -0.131. The van der Waals surface area contributed by atoms with Crippen molar-refractivity contribution in [2.45, 2.75) is 25.3 Å². The van der Waals surface area contributed by atoms with E-state index in [2.05, 4.69) is 21.2 Å². The van der Waals surface area contributed by atoms with Crippen molar-refractivity contribution >= 4 is 34.1 Å². The van der Waals surface area contributed by atoms with E-state index in [1.165, 1.54) is 0 Å². The van der Waals surface area contributed by atoms with E-state index < -0.39 is 0 Å². The van der Waals surface area contributed by atoms with Gasteiger partial charge in [0, 0.05) is 49.4 Å². The second kappa shape index (κ2) is 11.1. The Morgan fingerprint density at radius 3 is 2.62 bits per heavy atom. The monoisotopic (exact) mass is 470 g/mol. The molecule has 1 unspecified atom stereocenters. The molecular formula is C23H30N6OS2. The summed E-state index contributed by atoms with van der Waals surface area (Å²) < 4.78 is 0. The molecule has 0 bridgehead atoms. The van der Waals surface area contributed by atoms with Crippen molar-refractivity contribution in [2.75, 3.05) is 55.8 Å². The molecular weight excluding hydrogens is 440 g/mol. The maximum atomic E-state index is 12.3. The molecule has 4 rings (SSSR count). The molecule has 1 amide bonds. The zero-order valence-electron chi connectivity index (χ0n) is 18.3. The van der Waals surface area contributed by atoms with Crippen LogP contribution in [0, 0.1) is 11.3 Å². The number of carbonyl (C=O) groups excluding carboxylic acids is 1. The van der Waals surface area contributed by atoms with Gasteiger partial charge >= 0.3 is 0 Å². The summed E-state index contributed by atoms with van der Waals surface area (Å²) in [5.74, 6) is 1.94. The van der Waals surface area contributed by atoms with Crippen LogP contribution in [-0.4, -0.2) is 77.6 Å². The lowest BCUT2D eigenvalue weighted by Gasteiger charge is -2.34. The Bertz CT molecular complexity index is 927. The number of piperazine rings is 1. The molecule has 170 valence electrons. The number of anilines is 1. The van der Waals surface area contributed by atoms with Crippen LogP contribution in [0.15, 0.2) is 29.6 Å². The highest BCUT2D eigenvalue weighted by Crippen LogP contribution is 2.28. The molecule has 0 spiro atoms. The van der Waals surface area contributed by atoms with Crippen LogP contribution in [0.2, 0.25) is 0 Å². The summed E-state index contributed by atoms with van der Waals surface area (Å²) in [6, 6.07) is 9.39. The summed E-state index contributed by atoms with van der Waals surface area (Å²) >= 11 is 3.48. The molecule has 2 aromatic rings. The van der Waals surface area contributed by atoms with Gasteiger partial charge in [-0.05, 0) is 31.5 Å². The highest BCUT2D eigenvalue weighted by molar-refractivity contribution is 7.99. The van der Waals surface area contributed by atoms with E-state index in [-0.39, 0.29) is 11.9 Å². The van der Waals surface area contributed by atoms with Gasteiger partial charge in [-0.2, -0.15) is 5.26 Å². The lowest BCUT2D eigenvalue weighted by atomic mass is 10.1. The predicted molar refractivity (Wildman–Crippen MR) is 132 cm³/mol. The zero-order chi connectivity index (χ0) is 22.3. The van der Waals surface area contributed by atoms with Crippen LogP contribution in [0.3, 0.4) is 0 Å². The molecule has 2 fully saturated rings. The van der Waals surface area contributed by atoms with Crippen molar-refractivity contribution in [1.82, 2.24) is 14.8 Å². The number of carbonyl (C=O) groups is 1. The van der Waals surface area contributed by atoms with E-state index >= 15 is 0 Å². The normalized spacial score (nSPS) is 18.0.